The van der Waals surface area contributed by atoms with E-state index < -0.39 is 22.5 Å². The van der Waals surface area contributed by atoms with Crippen molar-refractivity contribution in [3.8, 4) is 11.3 Å². The normalized spacial score (nSPS) is 10.7. The molecule has 0 saturated carbocycles. The molecule has 1 N–H and O–H groups in total. The monoisotopic (exact) mass is 333 g/mol. The molecule has 0 radical (unpaired) electrons. The van der Waals surface area contributed by atoms with Crippen LogP contribution in [0.25, 0.3) is 11.3 Å². The Morgan fingerprint density at radius 2 is 1.75 bits per heavy atom. The van der Waals surface area contributed by atoms with E-state index in [1.54, 1.807) is 12.1 Å². The number of carboxylic acids is 1. The number of carboxylic acid groups (broad SMARTS) is 1. The zero-order valence-corrected chi connectivity index (χ0v) is 12.3. The lowest BCUT2D eigenvalue weighted by Gasteiger charge is -2.11. The first-order valence-electron chi connectivity index (χ1n) is 5.36. The van der Waals surface area contributed by atoms with Gasteiger partial charge in [-0.1, -0.05) is 34.8 Å². The second-order valence-electron chi connectivity index (χ2n) is 4.03. The van der Waals surface area contributed by atoms with Crippen LogP contribution in [0.1, 0.15) is 15.9 Å². The topological polar surface area (TPSA) is 50.2 Å². The summed E-state index contributed by atoms with van der Waals surface area (Å²) in [5.41, 5.74) is 0.316. The van der Waals surface area contributed by atoms with Crippen LogP contribution in [0.3, 0.4) is 0 Å². The summed E-state index contributed by atoms with van der Waals surface area (Å²) in [6, 6.07) is 4.61. The lowest BCUT2D eigenvalue weighted by Crippen LogP contribution is -2.08. The highest BCUT2D eigenvalue weighted by atomic mass is 35.5. The molecular weight excluding hydrogens is 328 g/mol. The standard InChI is InChI=1S/C13H7Cl3FNO2/c1-5-9(13(19)20)10(17)12(16)18-11(5)6-2-7(14)4-8(15)3-6/h2-4H,1H3,(H,19,20). The fraction of sp³-hybridized carbons (Fsp3) is 0.0769. The lowest BCUT2D eigenvalue weighted by atomic mass is 10.0. The van der Waals surface area contributed by atoms with Crippen molar-refractivity contribution in [2.75, 3.05) is 0 Å². The maximum Gasteiger partial charge on any atom is 0.339 e. The maximum absolute atomic E-state index is 13.7. The van der Waals surface area contributed by atoms with Crippen molar-refractivity contribution in [1.29, 1.82) is 0 Å². The summed E-state index contributed by atoms with van der Waals surface area (Å²) in [5.74, 6) is -2.48. The summed E-state index contributed by atoms with van der Waals surface area (Å²) < 4.78 is 13.7. The molecule has 0 amide bonds. The van der Waals surface area contributed by atoms with Gasteiger partial charge in [-0.3, -0.25) is 0 Å². The molecule has 0 aliphatic heterocycles. The SMILES string of the molecule is Cc1c(-c2cc(Cl)cc(Cl)c2)nc(Cl)c(F)c1C(=O)O. The van der Waals surface area contributed by atoms with Crippen molar-refractivity contribution in [1.82, 2.24) is 4.98 Å². The number of aromatic carboxylic acids is 1. The van der Waals surface area contributed by atoms with Gasteiger partial charge in [0.1, 0.15) is 5.56 Å². The van der Waals surface area contributed by atoms with E-state index in [0.29, 0.717) is 15.6 Å². The minimum absolute atomic E-state index is 0.151. The van der Waals surface area contributed by atoms with Gasteiger partial charge in [0.15, 0.2) is 11.0 Å². The minimum atomic E-state index is -1.42. The molecule has 3 nitrogen and oxygen atoms in total. The average molecular weight is 335 g/mol. The number of hydrogen-bond donors (Lipinski definition) is 1. The fourth-order valence-corrected chi connectivity index (χ4v) is 2.55. The smallest absolute Gasteiger partial charge is 0.339 e. The molecule has 1 aromatic heterocycles. The molecule has 0 saturated heterocycles. The van der Waals surface area contributed by atoms with Crippen molar-refractivity contribution in [3.05, 3.63) is 50.3 Å². The molecule has 0 bridgehead atoms. The lowest BCUT2D eigenvalue weighted by molar-refractivity contribution is 0.0691. The summed E-state index contributed by atoms with van der Waals surface area (Å²) in [7, 11) is 0. The van der Waals surface area contributed by atoms with Crippen molar-refractivity contribution >= 4 is 40.8 Å². The van der Waals surface area contributed by atoms with E-state index in [9.17, 15) is 9.18 Å². The molecular formula is C13H7Cl3FNO2. The Hall–Kier alpha value is -1.36. The van der Waals surface area contributed by atoms with E-state index in [-0.39, 0.29) is 11.3 Å². The number of aromatic nitrogens is 1. The molecule has 2 aromatic rings. The van der Waals surface area contributed by atoms with Crippen LogP contribution < -0.4 is 0 Å². The van der Waals surface area contributed by atoms with Gasteiger partial charge >= 0.3 is 5.97 Å². The first-order valence-corrected chi connectivity index (χ1v) is 6.50. The third-order valence-electron chi connectivity index (χ3n) is 2.69. The minimum Gasteiger partial charge on any atom is -0.478 e. The molecule has 1 aromatic carbocycles. The summed E-state index contributed by atoms with van der Waals surface area (Å²) in [6.07, 6.45) is 0. The van der Waals surface area contributed by atoms with Crippen molar-refractivity contribution < 1.29 is 14.3 Å². The van der Waals surface area contributed by atoms with Crippen molar-refractivity contribution in [3.63, 3.8) is 0 Å². The van der Waals surface area contributed by atoms with Gasteiger partial charge in [-0.2, -0.15) is 0 Å². The van der Waals surface area contributed by atoms with Crippen LogP contribution in [0.5, 0.6) is 0 Å². The van der Waals surface area contributed by atoms with Crippen molar-refractivity contribution in [2.45, 2.75) is 6.92 Å². The molecule has 7 heteroatoms. The number of benzene rings is 1. The Morgan fingerprint density at radius 1 is 1.20 bits per heavy atom. The van der Waals surface area contributed by atoms with Gasteiger partial charge in [-0.05, 0) is 30.7 Å². The molecule has 104 valence electrons. The van der Waals surface area contributed by atoms with Gasteiger partial charge in [-0.15, -0.1) is 0 Å². The second-order valence-corrected chi connectivity index (χ2v) is 5.26. The quantitative estimate of drug-likeness (QED) is 0.798. The van der Waals surface area contributed by atoms with Crippen LogP contribution in [0.2, 0.25) is 15.2 Å². The largest absolute Gasteiger partial charge is 0.478 e. The second kappa shape index (κ2) is 5.56. The van der Waals surface area contributed by atoms with E-state index in [2.05, 4.69) is 4.98 Å². The Kier molecular flexibility index (Phi) is 4.18. The molecule has 1 heterocycles. The number of halogens is 4. The van der Waals surface area contributed by atoms with E-state index in [1.807, 2.05) is 0 Å². The molecule has 0 unspecified atom stereocenters. The predicted octanol–water partition coefficient (Wildman–Crippen LogP) is 4.85. The molecule has 0 spiro atoms. The first kappa shape index (κ1) is 15.0. The van der Waals surface area contributed by atoms with Gasteiger partial charge in [0.05, 0.1) is 5.69 Å². The Balaban J connectivity index is 2.78. The van der Waals surface area contributed by atoms with Crippen molar-refractivity contribution in [2.24, 2.45) is 0 Å². The Labute approximate surface area is 128 Å². The number of hydrogen-bond acceptors (Lipinski definition) is 2. The Morgan fingerprint density at radius 3 is 2.25 bits per heavy atom. The highest BCUT2D eigenvalue weighted by Gasteiger charge is 2.22. The molecule has 0 aliphatic carbocycles. The molecule has 2 rings (SSSR count). The maximum atomic E-state index is 13.7. The molecule has 20 heavy (non-hydrogen) atoms. The van der Waals surface area contributed by atoms with Crippen LogP contribution in [0.4, 0.5) is 4.39 Å². The number of pyridine rings is 1. The van der Waals surface area contributed by atoms with Crippen LogP contribution >= 0.6 is 34.8 Å². The number of nitrogens with zero attached hydrogens (tertiary/aromatic N) is 1. The number of carbonyl (C=O) groups is 1. The first-order chi connectivity index (χ1) is 9.31. The highest BCUT2D eigenvalue weighted by Crippen LogP contribution is 2.32. The molecule has 0 aliphatic rings. The average Bonchev–Trinajstić information content (AvgIpc) is 2.32. The predicted molar refractivity (Wildman–Crippen MR) is 76.4 cm³/mol. The number of rotatable bonds is 2. The zero-order chi connectivity index (χ0) is 15.0. The fourth-order valence-electron chi connectivity index (χ4n) is 1.84. The summed E-state index contributed by atoms with van der Waals surface area (Å²) in [6.45, 7) is 1.44. The van der Waals surface area contributed by atoms with Gasteiger partial charge in [0, 0.05) is 15.6 Å². The third-order valence-corrected chi connectivity index (χ3v) is 3.38. The van der Waals surface area contributed by atoms with E-state index in [1.165, 1.54) is 13.0 Å². The summed E-state index contributed by atoms with van der Waals surface area (Å²) >= 11 is 17.4. The third kappa shape index (κ3) is 2.73. The summed E-state index contributed by atoms with van der Waals surface area (Å²) in [5, 5.41) is 9.26. The van der Waals surface area contributed by atoms with Crippen LogP contribution in [-0.2, 0) is 0 Å². The Bertz CT molecular complexity index is 699. The molecule has 0 atom stereocenters. The van der Waals surface area contributed by atoms with Crippen LogP contribution in [0.15, 0.2) is 18.2 Å². The van der Waals surface area contributed by atoms with E-state index in [0.717, 1.165) is 0 Å². The van der Waals surface area contributed by atoms with Gasteiger partial charge in [0.2, 0.25) is 0 Å². The van der Waals surface area contributed by atoms with E-state index >= 15 is 0 Å². The van der Waals surface area contributed by atoms with Gasteiger partial charge in [-0.25, -0.2) is 14.2 Å². The summed E-state index contributed by atoms with van der Waals surface area (Å²) in [4.78, 5) is 15.0. The van der Waals surface area contributed by atoms with E-state index in [4.69, 9.17) is 39.9 Å². The molecule has 0 fully saturated rings. The van der Waals surface area contributed by atoms with Crippen LogP contribution in [0, 0.1) is 12.7 Å². The highest BCUT2D eigenvalue weighted by molar-refractivity contribution is 6.35. The van der Waals surface area contributed by atoms with Gasteiger partial charge < -0.3 is 5.11 Å². The zero-order valence-electron chi connectivity index (χ0n) is 10.0. The van der Waals surface area contributed by atoms with Gasteiger partial charge in [0.25, 0.3) is 0 Å². The van der Waals surface area contributed by atoms with Crippen LogP contribution in [-0.4, -0.2) is 16.1 Å².